The molecule has 0 aromatic rings. The van der Waals surface area contributed by atoms with Gasteiger partial charge in [0, 0.05) is 11.4 Å². The summed E-state index contributed by atoms with van der Waals surface area (Å²) in [7, 11) is 0. The molecule has 3 heteroatoms. The van der Waals surface area contributed by atoms with Gasteiger partial charge in [-0.05, 0) is 38.7 Å². The van der Waals surface area contributed by atoms with Crippen molar-refractivity contribution in [3.8, 4) is 0 Å². The van der Waals surface area contributed by atoms with Crippen LogP contribution in [-0.4, -0.2) is 17.0 Å². The van der Waals surface area contributed by atoms with Crippen LogP contribution in [-0.2, 0) is 9.53 Å². The van der Waals surface area contributed by atoms with Crippen molar-refractivity contribution >= 4 is 28.6 Å². The van der Waals surface area contributed by atoms with Crippen molar-refractivity contribution in [2.24, 2.45) is 0 Å². The number of ether oxygens (including phenoxy) is 1. The first kappa shape index (κ1) is 15.7. The highest BCUT2D eigenvalue weighted by Crippen LogP contribution is 2.10. The second kappa shape index (κ2) is 9.87. The van der Waals surface area contributed by atoms with Gasteiger partial charge >= 0.3 is 5.97 Å². The van der Waals surface area contributed by atoms with Gasteiger partial charge in [0.15, 0.2) is 0 Å². The fourth-order valence-electron chi connectivity index (χ4n) is 1.23. The molecule has 2 nitrogen and oxygen atoms in total. The van der Waals surface area contributed by atoms with E-state index in [2.05, 4.69) is 48.6 Å². The first-order chi connectivity index (χ1) is 7.56. The third-order valence-corrected chi connectivity index (χ3v) is 2.64. The minimum atomic E-state index is -0.206. The van der Waals surface area contributed by atoms with Gasteiger partial charge in [0.25, 0.3) is 0 Å². The Hall–Kier alpha value is -0.320. The zero-order chi connectivity index (χ0) is 12.4. The van der Waals surface area contributed by atoms with Gasteiger partial charge in [-0.15, -0.1) is 0 Å². The average molecular weight is 336 g/mol. The lowest BCUT2D eigenvalue weighted by molar-refractivity contribution is -0.140. The van der Waals surface area contributed by atoms with Crippen LogP contribution in [0.25, 0.3) is 0 Å². The molecular weight excluding hydrogens is 315 g/mol. The molecule has 0 rings (SSSR count). The molecular formula is C13H21IO2. The molecule has 0 unspecified atom stereocenters. The van der Waals surface area contributed by atoms with Crippen LogP contribution in [0.5, 0.6) is 0 Å². The third kappa shape index (κ3) is 10.2. The molecule has 0 spiro atoms. The normalized spacial score (nSPS) is 11.1. The van der Waals surface area contributed by atoms with E-state index in [9.17, 15) is 4.79 Å². The number of carbonyl (C=O) groups excluding carboxylic acids is 1. The van der Waals surface area contributed by atoms with E-state index in [-0.39, 0.29) is 5.97 Å². The molecule has 0 aliphatic rings. The summed E-state index contributed by atoms with van der Waals surface area (Å²) in [4.78, 5) is 10.7. The van der Waals surface area contributed by atoms with Crippen molar-refractivity contribution in [3.05, 3.63) is 23.3 Å². The van der Waals surface area contributed by atoms with E-state index in [1.54, 1.807) is 0 Å². The number of alkyl halides is 1. The lowest BCUT2D eigenvalue weighted by Crippen LogP contribution is -2.03. The molecule has 92 valence electrons. The van der Waals surface area contributed by atoms with Crippen LogP contribution in [0, 0.1) is 0 Å². The maximum Gasteiger partial charge on any atom is 0.302 e. The lowest BCUT2D eigenvalue weighted by atomic mass is 10.1. The van der Waals surface area contributed by atoms with Gasteiger partial charge in [0.1, 0.15) is 6.61 Å². The summed E-state index contributed by atoms with van der Waals surface area (Å²) in [5.41, 5.74) is 2.56. The first-order valence-electron chi connectivity index (χ1n) is 5.57. The van der Waals surface area contributed by atoms with Crippen molar-refractivity contribution in [3.63, 3.8) is 0 Å². The van der Waals surface area contributed by atoms with Gasteiger partial charge in [-0.1, -0.05) is 40.3 Å². The van der Waals surface area contributed by atoms with E-state index >= 15 is 0 Å². The highest BCUT2D eigenvalue weighted by Gasteiger charge is 1.99. The Kier molecular flexibility index (Phi) is 9.68. The summed E-state index contributed by atoms with van der Waals surface area (Å²) < 4.78 is 6.13. The van der Waals surface area contributed by atoms with Gasteiger partial charge in [-0.2, -0.15) is 0 Å². The van der Waals surface area contributed by atoms with E-state index < -0.39 is 0 Å². The van der Waals surface area contributed by atoms with Crippen molar-refractivity contribution in [2.45, 2.75) is 40.0 Å². The summed E-state index contributed by atoms with van der Waals surface area (Å²) in [6.45, 7) is 6.09. The van der Waals surface area contributed by atoms with Crippen molar-refractivity contribution < 1.29 is 9.53 Å². The van der Waals surface area contributed by atoms with Crippen LogP contribution in [0.4, 0.5) is 0 Å². The number of hydrogen-bond donors (Lipinski definition) is 0. The Morgan fingerprint density at radius 1 is 1.19 bits per heavy atom. The Bertz CT molecular complexity index is 263. The van der Waals surface area contributed by atoms with Crippen molar-refractivity contribution in [1.29, 1.82) is 0 Å². The Balaban J connectivity index is 4.10. The topological polar surface area (TPSA) is 26.3 Å². The molecule has 0 saturated carbocycles. The second-order valence-corrected chi connectivity index (χ2v) is 5.02. The van der Waals surface area contributed by atoms with Crippen LogP contribution < -0.4 is 0 Å². The average Bonchev–Trinajstić information content (AvgIpc) is 2.20. The van der Waals surface area contributed by atoms with E-state index in [1.807, 2.05) is 0 Å². The summed E-state index contributed by atoms with van der Waals surface area (Å²) >= 11 is 2.35. The number of halogens is 1. The van der Waals surface area contributed by atoms with Crippen LogP contribution >= 0.6 is 22.6 Å². The predicted octanol–water partition coefficient (Wildman–Crippen LogP) is 4.05. The molecule has 0 radical (unpaired) electrons. The molecule has 0 saturated heterocycles. The minimum absolute atomic E-state index is 0.206. The number of esters is 1. The van der Waals surface area contributed by atoms with Crippen LogP contribution in [0.1, 0.15) is 40.0 Å². The van der Waals surface area contributed by atoms with Crippen LogP contribution in [0.2, 0.25) is 0 Å². The SMILES string of the molecule is CC(=O)OC/C(=C/CCI)CCC=C(C)C. The van der Waals surface area contributed by atoms with Gasteiger partial charge < -0.3 is 4.74 Å². The third-order valence-electron chi connectivity index (χ3n) is 2.02. The largest absolute Gasteiger partial charge is 0.461 e. The molecule has 0 atom stereocenters. The number of hydrogen-bond acceptors (Lipinski definition) is 2. The Morgan fingerprint density at radius 3 is 2.38 bits per heavy atom. The highest BCUT2D eigenvalue weighted by atomic mass is 127. The summed E-state index contributed by atoms with van der Waals surface area (Å²) in [6.07, 6.45) is 7.46. The highest BCUT2D eigenvalue weighted by molar-refractivity contribution is 14.1. The molecule has 0 aliphatic carbocycles. The standard InChI is InChI=1S/C13H21IO2/c1-11(2)6-4-7-13(8-5-9-14)10-16-12(3)15/h6,8H,4-5,7,9-10H2,1-3H3/b13-8+. The summed E-state index contributed by atoms with van der Waals surface area (Å²) in [6, 6.07) is 0. The minimum Gasteiger partial charge on any atom is -0.461 e. The smallest absolute Gasteiger partial charge is 0.302 e. The van der Waals surface area contributed by atoms with E-state index in [1.165, 1.54) is 18.1 Å². The fourth-order valence-corrected chi connectivity index (χ4v) is 1.54. The Morgan fingerprint density at radius 2 is 1.88 bits per heavy atom. The maximum atomic E-state index is 10.7. The first-order valence-corrected chi connectivity index (χ1v) is 7.09. The molecule has 0 fully saturated rings. The van der Waals surface area contributed by atoms with E-state index in [0.717, 1.165) is 23.7 Å². The quantitative estimate of drug-likeness (QED) is 0.303. The van der Waals surface area contributed by atoms with Crippen LogP contribution in [0.3, 0.4) is 0 Å². The molecule has 0 heterocycles. The van der Waals surface area contributed by atoms with Gasteiger partial charge in [-0.3, -0.25) is 4.79 Å². The Labute approximate surface area is 112 Å². The van der Waals surface area contributed by atoms with Crippen LogP contribution in [0.15, 0.2) is 23.3 Å². The predicted molar refractivity (Wildman–Crippen MR) is 76.9 cm³/mol. The van der Waals surface area contributed by atoms with Gasteiger partial charge in [0.2, 0.25) is 0 Å². The van der Waals surface area contributed by atoms with Gasteiger partial charge in [0.05, 0.1) is 0 Å². The van der Waals surface area contributed by atoms with E-state index in [4.69, 9.17) is 4.74 Å². The fraction of sp³-hybridized carbons (Fsp3) is 0.615. The zero-order valence-corrected chi connectivity index (χ0v) is 12.5. The summed E-state index contributed by atoms with van der Waals surface area (Å²) in [5, 5.41) is 0. The van der Waals surface area contributed by atoms with Gasteiger partial charge in [-0.25, -0.2) is 0 Å². The molecule has 0 aromatic heterocycles. The summed E-state index contributed by atoms with van der Waals surface area (Å²) in [5.74, 6) is -0.206. The lowest BCUT2D eigenvalue weighted by Gasteiger charge is -2.06. The van der Waals surface area contributed by atoms with E-state index in [0.29, 0.717) is 6.61 Å². The number of rotatable bonds is 7. The zero-order valence-electron chi connectivity index (χ0n) is 10.4. The monoisotopic (exact) mass is 336 g/mol. The second-order valence-electron chi connectivity index (χ2n) is 3.94. The molecule has 16 heavy (non-hydrogen) atoms. The molecule has 0 N–H and O–H groups in total. The maximum absolute atomic E-state index is 10.7. The molecule has 0 bridgehead atoms. The molecule has 0 aromatic carbocycles. The molecule has 0 amide bonds. The number of carbonyl (C=O) groups is 1. The molecule has 0 aliphatic heterocycles. The van der Waals surface area contributed by atoms with Crippen molar-refractivity contribution in [1.82, 2.24) is 0 Å². The number of allylic oxidation sites excluding steroid dienone is 3. The van der Waals surface area contributed by atoms with Crippen molar-refractivity contribution in [2.75, 3.05) is 11.0 Å².